The number of unbranched alkanes of at least 4 members (excludes halogenated alkanes) is 42. The molecule has 0 radical (unpaired) electrons. The summed E-state index contributed by atoms with van der Waals surface area (Å²) in [5.74, 6) is -0.321. The van der Waals surface area contributed by atoms with Gasteiger partial charge >= 0.3 is 13.8 Å². The standard InChI is InChI=1S/C57H114NO7P/c1-3-5-7-9-11-13-15-17-19-21-23-25-27-28-29-30-32-34-36-38-40-42-44-46-48-50-57(59)65-56(55-64-66(60,61)63-53-51-58)54-62-52-49-47-45-43-41-39-37-35-33-31-26-24-22-20-18-16-14-12-10-8-6-4-2/h22,24,56H,3-21,23,25-55,58H2,1-2H3,(H,60,61)/b24-22-. The van der Waals surface area contributed by atoms with Gasteiger partial charge in [0.1, 0.15) is 6.10 Å². The van der Waals surface area contributed by atoms with Crippen LogP contribution >= 0.6 is 7.82 Å². The molecular weight excluding hydrogens is 842 g/mol. The molecule has 8 nitrogen and oxygen atoms in total. The minimum Gasteiger partial charge on any atom is -0.457 e. The van der Waals surface area contributed by atoms with E-state index in [-0.39, 0.29) is 32.3 Å². The fourth-order valence-electron chi connectivity index (χ4n) is 8.88. The summed E-state index contributed by atoms with van der Waals surface area (Å²) in [5, 5.41) is 0. The molecule has 0 heterocycles. The van der Waals surface area contributed by atoms with Gasteiger partial charge in [-0.3, -0.25) is 13.8 Å². The quantitative estimate of drug-likeness (QED) is 0.0268. The molecule has 0 amide bonds. The van der Waals surface area contributed by atoms with Crippen LogP contribution in [0.2, 0.25) is 0 Å². The zero-order chi connectivity index (χ0) is 48.0. The Hall–Kier alpha value is -0.760. The van der Waals surface area contributed by atoms with Crippen LogP contribution in [0.3, 0.4) is 0 Å². The topological polar surface area (TPSA) is 117 Å². The second-order valence-corrected chi connectivity index (χ2v) is 21.3. The van der Waals surface area contributed by atoms with Gasteiger partial charge in [0.15, 0.2) is 0 Å². The molecule has 0 aliphatic carbocycles. The molecule has 394 valence electrons. The number of allylic oxidation sites excluding steroid dienone is 2. The van der Waals surface area contributed by atoms with E-state index in [9.17, 15) is 14.3 Å². The lowest BCUT2D eigenvalue weighted by Crippen LogP contribution is -2.28. The molecule has 66 heavy (non-hydrogen) atoms. The Balaban J connectivity index is 3.83. The van der Waals surface area contributed by atoms with Crippen LogP contribution in [0.4, 0.5) is 0 Å². The molecule has 0 aromatic carbocycles. The Bertz CT molecular complexity index is 1030. The van der Waals surface area contributed by atoms with E-state index < -0.39 is 13.9 Å². The van der Waals surface area contributed by atoms with E-state index in [0.717, 1.165) is 32.1 Å². The summed E-state index contributed by atoms with van der Waals surface area (Å²) < 4.78 is 33.7. The van der Waals surface area contributed by atoms with Gasteiger partial charge in [0, 0.05) is 19.6 Å². The number of carbonyl (C=O) groups is 1. The first-order valence-electron chi connectivity index (χ1n) is 29.2. The Kier molecular flexibility index (Phi) is 54.5. The van der Waals surface area contributed by atoms with Crippen molar-refractivity contribution in [2.75, 3.05) is 33.0 Å². The van der Waals surface area contributed by atoms with Crippen LogP contribution in [0.1, 0.15) is 309 Å². The summed E-state index contributed by atoms with van der Waals surface area (Å²) in [6.45, 7) is 5.00. The van der Waals surface area contributed by atoms with E-state index in [1.54, 1.807) is 0 Å². The molecule has 0 saturated carbocycles. The van der Waals surface area contributed by atoms with Gasteiger partial charge in [0.25, 0.3) is 0 Å². The zero-order valence-electron chi connectivity index (χ0n) is 44.2. The number of phosphoric acid groups is 1. The van der Waals surface area contributed by atoms with Crippen molar-refractivity contribution in [1.29, 1.82) is 0 Å². The second-order valence-electron chi connectivity index (χ2n) is 19.9. The maximum Gasteiger partial charge on any atom is 0.472 e. The molecule has 0 aliphatic rings. The number of esters is 1. The highest BCUT2D eigenvalue weighted by molar-refractivity contribution is 7.47. The van der Waals surface area contributed by atoms with Crippen molar-refractivity contribution in [3.8, 4) is 0 Å². The predicted octanol–water partition coefficient (Wildman–Crippen LogP) is 18.5. The first kappa shape index (κ1) is 65.2. The molecule has 0 bridgehead atoms. The van der Waals surface area contributed by atoms with Crippen molar-refractivity contribution in [3.63, 3.8) is 0 Å². The van der Waals surface area contributed by atoms with Crippen LogP contribution in [0.15, 0.2) is 12.2 Å². The smallest absolute Gasteiger partial charge is 0.457 e. The highest BCUT2D eigenvalue weighted by atomic mass is 31.2. The first-order valence-corrected chi connectivity index (χ1v) is 30.7. The zero-order valence-corrected chi connectivity index (χ0v) is 45.1. The summed E-state index contributed by atoms with van der Waals surface area (Å²) >= 11 is 0. The molecule has 3 N–H and O–H groups in total. The minimum absolute atomic E-state index is 0.0916. The van der Waals surface area contributed by atoms with Gasteiger partial charge in [-0.15, -0.1) is 0 Å². The Morgan fingerprint density at radius 2 is 0.758 bits per heavy atom. The first-order chi connectivity index (χ1) is 32.4. The summed E-state index contributed by atoms with van der Waals surface area (Å²) in [6.07, 6.45) is 64.1. The van der Waals surface area contributed by atoms with E-state index in [1.807, 2.05) is 0 Å². The number of hydrogen-bond donors (Lipinski definition) is 2. The molecule has 0 rings (SSSR count). The second kappa shape index (κ2) is 55.2. The third-order valence-corrected chi connectivity index (χ3v) is 14.2. The van der Waals surface area contributed by atoms with Crippen molar-refractivity contribution in [2.45, 2.75) is 315 Å². The lowest BCUT2D eigenvalue weighted by molar-refractivity contribution is -0.154. The maximum atomic E-state index is 12.7. The van der Waals surface area contributed by atoms with Gasteiger partial charge in [-0.2, -0.15) is 0 Å². The van der Waals surface area contributed by atoms with E-state index in [0.29, 0.717) is 13.0 Å². The lowest BCUT2D eigenvalue weighted by Gasteiger charge is -2.20. The average molecular weight is 957 g/mol. The van der Waals surface area contributed by atoms with Gasteiger partial charge in [-0.1, -0.05) is 276 Å². The Morgan fingerprint density at radius 1 is 0.439 bits per heavy atom. The third kappa shape index (κ3) is 54.2. The van der Waals surface area contributed by atoms with Crippen LogP contribution in [0.25, 0.3) is 0 Å². The summed E-state index contributed by atoms with van der Waals surface area (Å²) in [7, 11) is -4.28. The van der Waals surface area contributed by atoms with Crippen molar-refractivity contribution in [2.24, 2.45) is 5.73 Å². The van der Waals surface area contributed by atoms with Crippen LogP contribution < -0.4 is 5.73 Å². The Labute approximate surface area is 411 Å². The number of nitrogens with two attached hydrogens (primary N) is 1. The summed E-state index contributed by atoms with van der Waals surface area (Å²) in [6, 6.07) is 0. The van der Waals surface area contributed by atoms with E-state index in [1.165, 1.54) is 257 Å². The largest absolute Gasteiger partial charge is 0.472 e. The van der Waals surface area contributed by atoms with Crippen LogP contribution in [0, 0.1) is 0 Å². The highest BCUT2D eigenvalue weighted by Gasteiger charge is 2.25. The summed E-state index contributed by atoms with van der Waals surface area (Å²) in [5.41, 5.74) is 5.40. The maximum absolute atomic E-state index is 12.7. The normalized spacial score (nSPS) is 13.2. The monoisotopic (exact) mass is 956 g/mol. The molecule has 2 unspecified atom stereocenters. The van der Waals surface area contributed by atoms with Crippen molar-refractivity contribution in [1.82, 2.24) is 0 Å². The van der Waals surface area contributed by atoms with Gasteiger partial charge in [0.05, 0.1) is 19.8 Å². The fourth-order valence-corrected chi connectivity index (χ4v) is 9.64. The molecule has 9 heteroatoms. The van der Waals surface area contributed by atoms with Gasteiger partial charge in [-0.25, -0.2) is 4.57 Å². The minimum atomic E-state index is -4.28. The van der Waals surface area contributed by atoms with Gasteiger partial charge < -0.3 is 20.1 Å². The fraction of sp³-hybridized carbons (Fsp3) is 0.947. The van der Waals surface area contributed by atoms with Crippen LogP contribution in [-0.2, 0) is 27.9 Å². The van der Waals surface area contributed by atoms with Crippen molar-refractivity contribution in [3.05, 3.63) is 12.2 Å². The van der Waals surface area contributed by atoms with E-state index >= 15 is 0 Å². The third-order valence-electron chi connectivity index (χ3n) is 13.2. The Morgan fingerprint density at radius 3 is 1.11 bits per heavy atom. The average Bonchev–Trinajstić information content (AvgIpc) is 3.31. The van der Waals surface area contributed by atoms with Crippen LogP contribution in [-0.4, -0.2) is 49.9 Å². The molecular formula is C57H114NO7P. The summed E-state index contributed by atoms with van der Waals surface area (Å²) in [4.78, 5) is 22.7. The van der Waals surface area contributed by atoms with E-state index in [4.69, 9.17) is 24.3 Å². The number of hydrogen-bond acceptors (Lipinski definition) is 7. The number of rotatable bonds is 57. The lowest BCUT2D eigenvalue weighted by atomic mass is 10.0. The molecule has 0 aromatic rings. The molecule has 0 saturated heterocycles. The number of ether oxygens (including phenoxy) is 2. The van der Waals surface area contributed by atoms with Crippen molar-refractivity contribution >= 4 is 13.8 Å². The molecule has 0 spiro atoms. The van der Waals surface area contributed by atoms with Crippen LogP contribution in [0.5, 0.6) is 0 Å². The van der Waals surface area contributed by atoms with Crippen molar-refractivity contribution < 1.29 is 32.8 Å². The number of carbonyl (C=O) groups excluding carboxylic acids is 1. The SMILES string of the molecule is CCCCCCCCCC/C=C\CCCCCCCCCCCCOCC(COP(=O)(O)OCCN)OC(=O)CCCCCCCCCCCCCCCCCCCCCCCCCCC. The molecule has 0 aliphatic heterocycles. The molecule has 2 atom stereocenters. The number of phosphoric ester groups is 1. The van der Waals surface area contributed by atoms with Gasteiger partial charge in [-0.05, 0) is 38.5 Å². The molecule has 0 fully saturated rings. The predicted molar refractivity (Wildman–Crippen MR) is 284 cm³/mol. The molecule has 0 aromatic heterocycles. The van der Waals surface area contributed by atoms with E-state index in [2.05, 4.69) is 26.0 Å². The highest BCUT2D eigenvalue weighted by Crippen LogP contribution is 2.43. The van der Waals surface area contributed by atoms with Gasteiger partial charge in [0.2, 0.25) is 0 Å².